The van der Waals surface area contributed by atoms with Gasteiger partial charge in [-0.3, -0.25) is 9.59 Å². The number of carboxylic acid groups (broad SMARTS) is 1. The molecule has 0 unspecified atom stereocenters. The van der Waals surface area contributed by atoms with Crippen molar-refractivity contribution < 1.29 is 14.7 Å². The molecular formula is C15H18N2O3. The number of carbonyl (C=O) groups excluding carboxylic acids is 1. The average Bonchev–Trinajstić information content (AvgIpc) is 2.85. The van der Waals surface area contributed by atoms with Crippen LogP contribution in [0.1, 0.15) is 13.3 Å². The molecule has 106 valence electrons. The van der Waals surface area contributed by atoms with E-state index in [-0.39, 0.29) is 12.5 Å². The Morgan fingerprint density at radius 1 is 1.25 bits per heavy atom. The highest BCUT2D eigenvalue weighted by atomic mass is 16.4. The minimum atomic E-state index is -0.980. The maximum atomic E-state index is 12.0. The number of likely N-dealkylation sites (N-methyl/N-ethyl adjacent to an activating group) is 1. The molecule has 5 heteroatoms. The van der Waals surface area contributed by atoms with Gasteiger partial charge in [0.15, 0.2) is 0 Å². The van der Waals surface area contributed by atoms with Gasteiger partial charge in [-0.15, -0.1) is 0 Å². The van der Waals surface area contributed by atoms with E-state index in [0.29, 0.717) is 19.5 Å². The Bertz CT molecular complexity index is 618. The molecule has 0 spiro atoms. The Hall–Kier alpha value is -2.30. The molecule has 1 aromatic carbocycles. The van der Waals surface area contributed by atoms with Crippen molar-refractivity contribution in [2.45, 2.75) is 19.9 Å². The predicted octanol–water partition coefficient (Wildman–Crippen LogP) is 1.96. The lowest BCUT2D eigenvalue weighted by Crippen LogP contribution is -2.35. The molecule has 2 rings (SSSR count). The quantitative estimate of drug-likeness (QED) is 0.876. The summed E-state index contributed by atoms with van der Waals surface area (Å²) in [7, 11) is 0. The first-order chi connectivity index (χ1) is 9.61. The van der Waals surface area contributed by atoms with E-state index in [4.69, 9.17) is 5.11 Å². The van der Waals surface area contributed by atoms with E-state index in [1.807, 2.05) is 41.1 Å². The second-order valence-corrected chi connectivity index (χ2v) is 4.62. The molecule has 0 radical (unpaired) electrons. The molecule has 2 aromatic rings. The topological polar surface area (TPSA) is 62.5 Å². The van der Waals surface area contributed by atoms with Crippen LogP contribution in [0.2, 0.25) is 0 Å². The number of hydrogen-bond donors (Lipinski definition) is 1. The van der Waals surface area contributed by atoms with Gasteiger partial charge in [0.2, 0.25) is 5.91 Å². The molecule has 5 nitrogen and oxygen atoms in total. The number of benzene rings is 1. The van der Waals surface area contributed by atoms with E-state index in [0.717, 1.165) is 10.9 Å². The Morgan fingerprint density at radius 2 is 2.00 bits per heavy atom. The summed E-state index contributed by atoms with van der Waals surface area (Å²) >= 11 is 0. The molecule has 0 bridgehead atoms. The molecule has 0 fully saturated rings. The first-order valence-corrected chi connectivity index (χ1v) is 6.65. The van der Waals surface area contributed by atoms with E-state index < -0.39 is 5.97 Å². The van der Waals surface area contributed by atoms with Gasteiger partial charge in [-0.1, -0.05) is 18.2 Å². The first kappa shape index (κ1) is 14.1. The summed E-state index contributed by atoms with van der Waals surface area (Å²) in [5, 5.41) is 9.90. The third kappa shape index (κ3) is 3.17. The normalized spacial score (nSPS) is 10.7. The van der Waals surface area contributed by atoms with Gasteiger partial charge in [0.05, 0.1) is 0 Å². The Balaban J connectivity index is 2.01. The molecule has 20 heavy (non-hydrogen) atoms. The smallest absolute Gasteiger partial charge is 0.323 e. The van der Waals surface area contributed by atoms with Crippen LogP contribution in [0, 0.1) is 0 Å². The fourth-order valence-electron chi connectivity index (χ4n) is 2.25. The molecule has 1 heterocycles. The third-order valence-corrected chi connectivity index (χ3v) is 3.31. The van der Waals surface area contributed by atoms with Crippen LogP contribution in [0.4, 0.5) is 0 Å². The van der Waals surface area contributed by atoms with Gasteiger partial charge in [-0.25, -0.2) is 0 Å². The lowest BCUT2D eigenvalue weighted by atomic mass is 10.2. The van der Waals surface area contributed by atoms with E-state index >= 15 is 0 Å². The number of rotatable bonds is 6. The largest absolute Gasteiger partial charge is 0.480 e. The molecule has 0 aliphatic carbocycles. The van der Waals surface area contributed by atoms with E-state index in [2.05, 4.69) is 0 Å². The van der Waals surface area contributed by atoms with Crippen LogP contribution in [0.3, 0.4) is 0 Å². The number of nitrogens with zero attached hydrogens (tertiary/aromatic N) is 2. The van der Waals surface area contributed by atoms with Crippen molar-refractivity contribution >= 4 is 22.8 Å². The molecule has 0 atom stereocenters. The van der Waals surface area contributed by atoms with Crippen molar-refractivity contribution in [3.05, 3.63) is 36.5 Å². The van der Waals surface area contributed by atoms with Gasteiger partial charge in [0, 0.05) is 31.2 Å². The number of amides is 1. The Morgan fingerprint density at radius 3 is 2.70 bits per heavy atom. The van der Waals surface area contributed by atoms with Crippen molar-refractivity contribution in [1.82, 2.24) is 9.47 Å². The standard InChI is InChI=1S/C15H18N2O3/c1-2-16(11-15(19)20)14(18)8-10-17-9-7-12-5-3-4-6-13(12)17/h3-7,9H,2,8,10-11H2,1H3,(H,19,20). The van der Waals surface area contributed by atoms with Crippen LogP contribution in [0.5, 0.6) is 0 Å². The summed E-state index contributed by atoms with van der Waals surface area (Å²) in [6.45, 7) is 2.52. The second kappa shape index (κ2) is 6.23. The van der Waals surface area contributed by atoms with Crippen LogP contribution in [0.15, 0.2) is 36.5 Å². The van der Waals surface area contributed by atoms with Crippen molar-refractivity contribution in [2.24, 2.45) is 0 Å². The van der Waals surface area contributed by atoms with Crippen LogP contribution < -0.4 is 0 Å². The Kier molecular flexibility index (Phi) is 4.40. The number of carbonyl (C=O) groups is 2. The van der Waals surface area contributed by atoms with Crippen molar-refractivity contribution in [3.63, 3.8) is 0 Å². The maximum absolute atomic E-state index is 12.0. The van der Waals surface area contributed by atoms with Gasteiger partial charge in [-0.05, 0) is 24.4 Å². The zero-order chi connectivity index (χ0) is 14.5. The number of carboxylic acids is 1. The highest BCUT2D eigenvalue weighted by molar-refractivity contribution is 5.82. The van der Waals surface area contributed by atoms with Crippen LogP contribution >= 0.6 is 0 Å². The molecular weight excluding hydrogens is 256 g/mol. The minimum Gasteiger partial charge on any atom is -0.480 e. The number of hydrogen-bond acceptors (Lipinski definition) is 2. The average molecular weight is 274 g/mol. The molecule has 1 amide bonds. The molecule has 0 saturated heterocycles. The van der Waals surface area contributed by atoms with Crippen LogP contribution in [0.25, 0.3) is 10.9 Å². The predicted molar refractivity (Wildman–Crippen MR) is 76.4 cm³/mol. The zero-order valence-corrected chi connectivity index (χ0v) is 11.5. The number of aromatic nitrogens is 1. The fourth-order valence-corrected chi connectivity index (χ4v) is 2.25. The van der Waals surface area contributed by atoms with E-state index in [1.54, 1.807) is 6.92 Å². The molecule has 1 N–H and O–H groups in total. The monoisotopic (exact) mass is 274 g/mol. The highest BCUT2D eigenvalue weighted by Gasteiger charge is 2.14. The molecule has 1 aromatic heterocycles. The van der Waals surface area contributed by atoms with Crippen molar-refractivity contribution in [2.75, 3.05) is 13.1 Å². The highest BCUT2D eigenvalue weighted by Crippen LogP contribution is 2.15. The summed E-state index contributed by atoms with van der Waals surface area (Å²) in [6, 6.07) is 9.98. The SMILES string of the molecule is CCN(CC(=O)O)C(=O)CCn1ccc2ccccc21. The lowest BCUT2D eigenvalue weighted by molar-refractivity contribution is -0.144. The summed E-state index contributed by atoms with van der Waals surface area (Å²) < 4.78 is 2.02. The number of aryl methyl sites for hydroxylation is 1. The van der Waals surface area contributed by atoms with Crippen molar-refractivity contribution in [3.8, 4) is 0 Å². The Labute approximate surface area is 117 Å². The minimum absolute atomic E-state index is 0.132. The number of fused-ring (bicyclic) bond motifs is 1. The first-order valence-electron chi connectivity index (χ1n) is 6.65. The molecule has 0 saturated carbocycles. The summed E-state index contributed by atoms with van der Waals surface area (Å²) in [5.74, 6) is -1.11. The van der Waals surface area contributed by atoms with Gasteiger partial charge in [0.25, 0.3) is 0 Å². The summed E-state index contributed by atoms with van der Waals surface area (Å²) in [4.78, 5) is 24.0. The number of aliphatic carboxylic acids is 1. The van der Waals surface area contributed by atoms with Gasteiger partial charge >= 0.3 is 5.97 Å². The van der Waals surface area contributed by atoms with Gasteiger partial charge in [-0.2, -0.15) is 0 Å². The van der Waals surface area contributed by atoms with Crippen LogP contribution in [-0.4, -0.2) is 39.5 Å². The lowest BCUT2D eigenvalue weighted by Gasteiger charge is -2.18. The van der Waals surface area contributed by atoms with Crippen molar-refractivity contribution in [1.29, 1.82) is 0 Å². The summed E-state index contributed by atoms with van der Waals surface area (Å²) in [5.41, 5.74) is 1.08. The third-order valence-electron chi connectivity index (χ3n) is 3.31. The van der Waals surface area contributed by atoms with Gasteiger partial charge in [0.1, 0.15) is 6.54 Å². The van der Waals surface area contributed by atoms with E-state index in [1.165, 1.54) is 4.90 Å². The fraction of sp³-hybridized carbons (Fsp3) is 0.333. The van der Waals surface area contributed by atoms with Gasteiger partial charge < -0.3 is 14.6 Å². The van der Waals surface area contributed by atoms with E-state index in [9.17, 15) is 9.59 Å². The second-order valence-electron chi connectivity index (χ2n) is 4.62. The van der Waals surface area contributed by atoms with Crippen LogP contribution in [-0.2, 0) is 16.1 Å². The molecule has 0 aliphatic heterocycles. The summed E-state index contributed by atoms with van der Waals surface area (Å²) in [6.07, 6.45) is 2.26. The zero-order valence-electron chi connectivity index (χ0n) is 11.5. The number of para-hydroxylation sites is 1. The molecule has 0 aliphatic rings. The maximum Gasteiger partial charge on any atom is 0.323 e.